The third-order valence-electron chi connectivity index (χ3n) is 3.56. The first-order valence-corrected chi connectivity index (χ1v) is 9.94. The first-order valence-electron chi connectivity index (χ1n) is 7.32. The molecule has 1 unspecified atom stereocenters. The van der Waals surface area contributed by atoms with Gasteiger partial charge in [-0.25, -0.2) is 8.42 Å². The second-order valence-electron chi connectivity index (χ2n) is 5.50. The molecule has 4 nitrogen and oxygen atoms in total. The number of sulfone groups is 1. The Kier molecular flexibility index (Phi) is 6.08. The van der Waals surface area contributed by atoms with Crippen molar-refractivity contribution in [2.45, 2.75) is 26.3 Å². The van der Waals surface area contributed by atoms with Crippen LogP contribution in [0.1, 0.15) is 25.3 Å². The van der Waals surface area contributed by atoms with Crippen LogP contribution >= 0.6 is 15.9 Å². The van der Waals surface area contributed by atoms with Crippen LogP contribution in [0.3, 0.4) is 0 Å². The first-order chi connectivity index (χ1) is 10.00. The van der Waals surface area contributed by atoms with Crippen LogP contribution in [0.4, 0.5) is 0 Å². The number of nitrogens with one attached hydrogen (secondary N) is 1. The molecule has 0 aliphatic carbocycles. The second kappa shape index (κ2) is 7.61. The minimum atomic E-state index is -2.79. The van der Waals surface area contributed by atoms with Crippen molar-refractivity contribution in [1.29, 1.82) is 0 Å². The van der Waals surface area contributed by atoms with E-state index in [0.717, 1.165) is 35.2 Å². The lowest BCUT2D eigenvalue weighted by atomic mass is 10.1. The summed E-state index contributed by atoms with van der Waals surface area (Å²) in [7, 11) is -2.79. The van der Waals surface area contributed by atoms with Gasteiger partial charge in [0.05, 0.1) is 18.1 Å². The van der Waals surface area contributed by atoms with Gasteiger partial charge >= 0.3 is 0 Å². The van der Waals surface area contributed by atoms with Crippen LogP contribution < -0.4 is 10.1 Å². The first kappa shape index (κ1) is 16.8. The molecule has 1 fully saturated rings. The van der Waals surface area contributed by atoms with Crippen molar-refractivity contribution in [3.63, 3.8) is 0 Å². The van der Waals surface area contributed by atoms with E-state index in [1.165, 1.54) is 0 Å². The van der Waals surface area contributed by atoms with Gasteiger partial charge in [-0.2, -0.15) is 0 Å². The number of hydrogen-bond donors (Lipinski definition) is 1. The zero-order valence-electron chi connectivity index (χ0n) is 12.3. The minimum absolute atomic E-state index is 0.238. The molecule has 1 saturated heterocycles. The summed E-state index contributed by atoms with van der Waals surface area (Å²) in [5, 5.41) is 3.36. The van der Waals surface area contributed by atoms with Crippen LogP contribution in [0.25, 0.3) is 0 Å². The van der Waals surface area contributed by atoms with E-state index in [2.05, 4.69) is 28.2 Å². The van der Waals surface area contributed by atoms with Crippen LogP contribution in [0.2, 0.25) is 0 Å². The average molecular weight is 376 g/mol. The summed E-state index contributed by atoms with van der Waals surface area (Å²) < 4.78 is 29.6. The minimum Gasteiger partial charge on any atom is -0.493 e. The van der Waals surface area contributed by atoms with Gasteiger partial charge in [-0.15, -0.1) is 0 Å². The fourth-order valence-corrected chi connectivity index (χ4v) is 4.75. The maximum absolute atomic E-state index is 11.4. The summed E-state index contributed by atoms with van der Waals surface area (Å²) in [5.41, 5.74) is 1.10. The molecule has 6 heteroatoms. The smallest absolute Gasteiger partial charge is 0.150 e. The fourth-order valence-electron chi connectivity index (χ4n) is 2.48. The molecular formula is C15H22BrNO3S. The van der Waals surface area contributed by atoms with Gasteiger partial charge in [0.15, 0.2) is 9.84 Å². The molecule has 0 amide bonds. The molecule has 0 bridgehead atoms. The largest absolute Gasteiger partial charge is 0.493 e. The van der Waals surface area contributed by atoms with Crippen molar-refractivity contribution in [3.05, 3.63) is 28.2 Å². The quantitative estimate of drug-likeness (QED) is 0.795. The molecule has 1 atom stereocenters. The molecule has 1 aromatic rings. The van der Waals surface area contributed by atoms with Crippen molar-refractivity contribution < 1.29 is 13.2 Å². The van der Waals surface area contributed by atoms with Gasteiger partial charge in [-0.05, 0) is 43.5 Å². The molecule has 0 spiro atoms. The van der Waals surface area contributed by atoms with Gasteiger partial charge in [-0.3, -0.25) is 0 Å². The predicted molar refractivity (Wildman–Crippen MR) is 88.4 cm³/mol. The summed E-state index contributed by atoms with van der Waals surface area (Å²) in [6.45, 7) is 4.21. The highest BCUT2D eigenvalue weighted by atomic mass is 79.9. The van der Waals surface area contributed by atoms with Crippen LogP contribution in [0.5, 0.6) is 5.75 Å². The SMILES string of the molecule is CCCOc1ccc(Br)cc1CNCC1CCS(=O)(=O)C1. The lowest BCUT2D eigenvalue weighted by Gasteiger charge is -2.14. The highest BCUT2D eigenvalue weighted by Gasteiger charge is 2.27. The Morgan fingerprint density at radius 3 is 2.90 bits per heavy atom. The lowest BCUT2D eigenvalue weighted by molar-refractivity contribution is 0.313. The molecule has 0 saturated carbocycles. The van der Waals surface area contributed by atoms with Crippen LogP contribution in [-0.4, -0.2) is 33.1 Å². The monoisotopic (exact) mass is 375 g/mol. The van der Waals surface area contributed by atoms with E-state index >= 15 is 0 Å². The molecule has 1 aliphatic heterocycles. The number of hydrogen-bond acceptors (Lipinski definition) is 4. The Morgan fingerprint density at radius 2 is 2.24 bits per heavy atom. The van der Waals surface area contributed by atoms with E-state index in [1.807, 2.05) is 18.2 Å². The van der Waals surface area contributed by atoms with E-state index in [-0.39, 0.29) is 5.92 Å². The Hall–Kier alpha value is -0.590. The topological polar surface area (TPSA) is 55.4 Å². The molecule has 1 heterocycles. The van der Waals surface area contributed by atoms with Gasteiger partial charge in [-0.1, -0.05) is 22.9 Å². The van der Waals surface area contributed by atoms with Crippen molar-refractivity contribution in [1.82, 2.24) is 5.32 Å². The van der Waals surface area contributed by atoms with Crippen LogP contribution in [0.15, 0.2) is 22.7 Å². The maximum Gasteiger partial charge on any atom is 0.150 e. The zero-order chi connectivity index (χ0) is 15.3. The van der Waals surface area contributed by atoms with E-state index < -0.39 is 9.84 Å². The van der Waals surface area contributed by atoms with E-state index in [9.17, 15) is 8.42 Å². The van der Waals surface area contributed by atoms with Crippen LogP contribution in [-0.2, 0) is 16.4 Å². The van der Waals surface area contributed by atoms with Crippen molar-refractivity contribution in [3.8, 4) is 5.75 Å². The Morgan fingerprint density at radius 1 is 1.43 bits per heavy atom. The number of rotatable bonds is 7. The maximum atomic E-state index is 11.4. The molecule has 1 aliphatic rings. The molecule has 2 rings (SSSR count). The summed E-state index contributed by atoms with van der Waals surface area (Å²) in [4.78, 5) is 0. The predicted octanol–water partition coefficient (Wildman–Crippen LogP) is 2.76. The molecule has 21 heavy (non-hydrogen) atoms. The van der Waals surface area contributed by atoms with E-state index in [0.29, 0.717) is 24.7 Å². The Bertz CT molecular complexity index is 574. The molecule has 1 aromatic carbocycles. The number of benzene rings is 1. The van der Waals surface area contributed by atoms with Crippen molar-refractivity contribution in [2.75, 3.05) is 24.7 Å². The lowest BCUT2D eigenvalue weighted by Crippen LogP contribution is -2.23. The summed E-state index contributed by atoms with van der Waals surface area (Å²) in [5.74, 6) is 1.78. The summed E-state index contributed by atoms with van der Waals surface area (Å²) in [6.07, 6.45) is 1.75. The fraction of sp³-hybridized carbons (Fsp3) is 0.600. The molecular weight excluding hydrogens is 354 g/mol. The van der Waals surface area contributed by atoms with E-state index in [4.69, 9.17) is 4.74 Å². The second-order valence-corrected chi connectivity index (χ2v) is 8.64. The normalized spacial score (nSPS) is 20.6. The average Bonchev–Trinajstić information content (AvgIpc) is 2.77. The van der Waals surface area contributed by atoms with Gasteiger partial charge in [0.2, 0.25) is 0 Å². The van der Waals surface area contributed by atoms with Gasteiger partial charge in [0.1, 0.15) is 5.75 Å². The molecule has 1 N–H and O–H groups in total. The van der Waals surface area contributed by atoms with Gasteiger partial charge in [0, 0.05) is 16.6 Å². The Balaban J connectivity index is 1.88. The summed E-state index contributed by atoms with van der Waals surface area (Å²) in [6, 6.07) is 5.98. The highest BCUT2D eigenvalue weighted by molar-refractivity contribution is 9.10. The van der Waals surface area contributed by atoms with Crippen molar-refractivity contribution in [2.24, 2.45) is 5.92 Å². The Labute approximate surface area is 135 Å². The standard InChI is InChI=1S/C15H22BrNO3S/c1-2-6-20-15-4-3-14(16)8-13(15)10-17-9-12-5-7-21(18,19)11-12/h3-4,8,12,17H,2,5-7,9-11H2,1H3. The zero-order valence-corrected chi connectivity index (χ0v) is 14.7. The number of halogens is 1. The van der Waals surface area contributed by atoms with Crippen LogP contribution in [0, 0.1) is 5.92 Å². The van der Waals surface area contributed by atoms with E-state index in [1.54, 1.807) is 0 Å². The van der Waals surface area contributed by atoms with Crippen molar-refractivity contribution >= 4 is 25.8 Å². The molecule has 118 valence electrons. The summed E-state index contributed by atoms with van der Waals surface area (Å²) >= 11 is 3.47. The molecule has 0 radical (unpaired) electrons. The van der Waals surface area contributed by atoms with Gasteiger partial charge in [0.25, 0.3) is 0 Å². The third kappa shape index (κ3) is 5.27. The highest BCUT2D eigenvalue weighted by Crippen LogP contribution is 2.24. The van der Waals surface area contributed by atoms with Gasteiger partial charge < -0.3 is 10.1 Å². The molecule has 0 aromatic heterocycles. The third-order valence-corrected chi connectivity index (χ3v) is 5.89. The number of ether oxygens (including phenoxy) is 1.